The van der Waals surface area contributed by atoms with Crippen LogP contribution in [0.3, 0.4) is 0 Å². The van der Waals surface area contributed by atoms with Crippen molar-refractivity contribution in [1.82, 2.24) is 0 Å². The minimum atomic E-state index is 0.857. The van der Waals surface area contributed by atoms with E-state index in [2.05, 4.69) is 0 Å². The molecule has 0 saturated heterocycles. The molecule has 16 heavy (non-hydrogen) atoms. The van der Waals surface area contributed by atoms with Crippen molar-refractivity contribution in [2.75, 3.05) is 0 Å². The molecule has 8 rings (SSSR count). The second kappa shape index (κ2) is 2.04. The van der Waals surface area contributed by atoms with Crippen molar-refractivity contribution in [3.63, 3.8) is 0 Å². The van der Waals surface area contributed by atoms with E-state index in [1.807, 2.05) is 0 Å². The van der Waals surface area contributed by atoms with Crippen LogP contribution >= 0.6 is 0 Å². The summed E-state index contributed by atoms with van der Waals surface area (Å²) in [6, 6.07) is 0. The van der Waals surface area contributed by atoms with Gasteiger partial charge >= 0.3 is 0 Å². The zero-order valence-electron chi connectivity index (χ0n) is 9.34. The summed E-state index contributed by atoms with van der Waals surface area (Å²) in [7, 11) is 0. The molecule has 0 spiro atoms. The molecule has 2 nitrogen and oxygen atoms in total. The molecule has 0 aliphatic heterocycles. The van der Waals surface area contributed by atoms with Crippen LogP contribution in [0.25, 0.3) is 0 Å². The van der Waals surface area contributed by atoms with Crippen LogP contribution in [0, 0.1) is 47.3 Å². The monoisotopic (exact) mass is 212 g/mol. The summed E-state index contributed by atoms with van der Waals surface area (Å²) in [5.41, 5.74) is 3.03. The molecule has 0 radical (unpaired) electrons. The van der Waals surface area contributed by atoms with E-state index in [0.717, 1.165) is 47.3 Å². The van der Waals surface area contributed by atoms with Crippen molar-refractivity contribution >= 4 is 11.4 Å². The van der Waals surface area contributed by atoms with Crippen molar-refractivity contribution < 1.29 is 0 Å². The third kappa shape index (κ3) is 0.640. The van der Waals surface area contributed by atoms with E-state index < -0.39 is 0 Å². The lowest BCUT2D eigenvalue weighted by atomic mass is 10.1. The van der Waals surface area contributed by atoms with Crippen LogP contribution < -0.4 is 0 Å². The molecule has 0 amide bonds. The van der Waals surface area contributed by atoms with E-state index in [1.54, 1.807) is 0 Å². The number of rotatable bonds is 1. The standard InChI is InChI=1S/C14H16N2/c1-5-2-8-7(1)11(8)13(5)15-16-14-6-3-9-10(4-6)12(9)14/h5-12H,1-4H2/b15-13-,16-14+/t5?,6?,7-,8-,9-,10+,11?,12?/m0/s1. The molecule has 8 aliphatic rings. The minimum absolute atomic E-state index is 0.857. The maximum Gasteiger partial charge on any atom is 0.0473 e. The van der Waals surface area contributed by atoms with Crippen LogP contribution in [0.2, 0.25) is 0 Å². The third-order valence-corrected chi connectivity index (χ3v) is 6.69. The summed E-state index contributed by atoms with van der Waals surface area (Å²) >= 11 is 0. The first-order valence-corrected chi connectivity index (χ1v) is 7.07. The zero-order valence-corrected chi connectivity index (χ0v) is 9.34. The van der Waals surface area contributed by atoms with Gasteiger partial charge in [-0.1, -0.05) is 0 Å². The largest absolute Gasteiger partial charge is 0.160 e. The van der Waals surface area contributed by atoms with Crippen LogP contribution in [0.5, 0.6) is 0 Å². The Kier molecular flexibility index (Phi) is 0.974. The molecule has 0 heterocycles. The first-order valence-electron chi connectivity index (χ1n) is 7.07. The van der Waals surface area contributed by atoms with Crippen LogP contribution in [0.4, 0.5) is 0 Å². The van der Waals surface area contributed by atoms with E-state index in [-0.39, 0.29) is 0 Å². The van der Waals surface area contributed by atoms with Gasteiger partial charge in [0.2, 0.25) is 0 Å². The Morgan fingerprint density at radius 2 is 1.00 bits per heavy atom. The van der Waals surface area contributed by atoms with E-state index in [0.29, 0.717) is 0 Å². The third-order valence-electron chi connectivity index (χ3n) is 6.69. The van der Waals surface area contributed by atoms with Gasteiger partial charge < -0.3 is 0 Å². The number of nitrogens with zero attached hydrogens (tertiary/aromatic N) is 2. The Morgan fingerprint density at radius 1 is 0.625 bits per heavy atom. The van der Waals surface area contributed by atoms with Gasteiger partial charge in [0.1, 0.15) is 0 Å². The minimum Gasteiger partial charge on any atom is -0.160 e. The molecular weight excluding hydrogens is 196 g/mol. The highest BCUT2D eigenvalue weighted by atomic mass is 15.2. The predicted octanol–water partition coefficient (Wildman–Crippen LogP) is 2.36. The molecule has 6 atom stereocenters. The first kappa shape index (κ1) is 7.62. The van der Waals surface area contributed by atoms with Crippen molar-refractivity contribution in [3.05, 3.63) is 0 Å². The molecule has 0 aromatic rings. The van der Waals surface area contributed by atoms with Gasteiger partial charge in [0.25, 0.3) is 0 Å². The predicted molar refractivity (Wildman–Crippen MR) is 61.3 cm³/mol. The molecule has 8 aliphatic carbocycles. The average molecular weight is 212 g/mol. The quantitative estimate of drug-likeness (QED) is 0.596. The SMILES string of the molecule is C1C2C[C@@H]3C(/C2=N\N=C2/C4C[C@@H]5C2[C@@H]5C4)[C@@H]13. The van der Waals surface area contributed by atoms with Crippen molar-refractivity contribution in [1.29, 1.82) is 0 Å². The van der Waals surface area contributed by atoms with Gasteiger partial charge in [-0.05, 0) is 49.4 Å². The van der Waals surface area contributed by atoms with Crippen LogP contribution in [-0.2, 0) is 0 Å². The van der Waals surface area contributed by atoms with Crippen molar-refractivity contribution in [2.45, 2.75) is 25.7 Å². The summed E-state index contributed by atoms with van der Waals surface area (Å²) in [5, 5.41) is 9.42. The van der Waals surface area contributed by atoms with Crippen LogP contribution in [0.1, 0.15) is 25.7 Å². The summed E-state index contributed by atoms with van der Waals surface area (Å²) in [5.74, 6) is 7.72. The van der Waals surface area contributed by atoms with Crippen molar-refractivity contribution in [2.24, 2.45) is 57.5 Å². The fraction of sp³-hybridized carbons (Fsp3) is 0.857. The van der Waals surface area contributed by atoms with Crippen molar-refractivity contribution in [3.8, 4) is 0 Å². The smallest absolute Gasteiger partial charge is 0.0473 e. The summed E-state index contributed by atoms with van der Waals surface area (Å²) in [6.07, 6.45) is 5.82. The molecule has 82 valence electrons. The van der Waals surface area contributed by atoms with Gasteiger partial charge in [-0.25, -0.2) is 0 Å². The number of hydrogen-bond donors (Lipinski definition) is 0. The fourth-order valence-electron chi connectivity index (χ4n) is 6.00. The maximum absolute atomic E-state index is 4.71. The molecule has 0 aromatic heterocycles. The fourth-order valence-corrected chi connectivity index (χ4v) is 6.00. The highest BCUT2D eigenvalue weighted by Crippen LogP contribution is 2.70. The lowest BCUT2D eigenvalue weighted by molar-refractivity contribution is 0.688. The lowest BCUT2D eigenvalue weighted by Gasteiger charge is -2.02. The Hall–Kier alpha value is -0.660. The second-order valence-corrected chi connectivity index (χ2v) is 7.09. The molecule has 8 bridgehead atoms. The van der Waals surface area contributed by atoms with Gasteiger partial charge in [0, 0.05) is 35.1 Å². The van der Waals surface area contributed by atoms with Gasteiger partial charge in [-0.2, -0.15) is 10.2 Å². The topological polar surface area (TPSA) is 24.7 Å². The van der Waals surface area contributed by atoms with E-state index in [4.69, 9.17) is 10.2 Å². The molecule has 0 N–H and O–H groups in total. The maximum atomic E-state index is 4.71. The molecule has 0 aromatic carbocycles. The molecule has 8 fully saturated rings. The Balaban J connectivity index is 1.39. The molecule has 2 unspecified atom stereocenters. The zero-order chi connectivity index (χ0) is 10.0. The van der Waals surface area contributed by atoms with Gasteiger partial charge in [0.15, 0.2) is 0 Å². The highest BCUT2D eigenvalue weighted by Gasteiger charge is 2.68. The Bertz CT molecular complexity index is 401. The normalized spacial score (nSPS) is 71.0. The summed E-state index contributed by atoms with van der Waals surface area (Å²) in [6.45, 7) is 0. The van der Waals surface area contributed by atoms with Gasteiger partial charge in [-0.3, -0.25) is 0 Å². The van der Waals surface area contributed by atoms with Gasteiger partial charge in [-0.15, -0.1) is 0 Å². The van der Waals surface area contributed by atoms with Crippen LogP contribution in [-0.4, -0.2) is 11.4 Å². The lowest BCUT2D eigenvalue weighted by Crippen LogP contribution is -2.05. The van der Waals surface area contributed by atoms with E-state index in [9.17, 15) is 0 Å². The number of hydrogen-bond acceptors (Lipinski definition) is 2. The van der Waals surface area contributed by atoms with Gasteiger partial charge in [0.05, 0.1) is 0 Å². The van der Waals surface area contributed by atoms with E-state index in [1.165, 1.54) is 37.1 Å². The second-order valence-electron chi connectivity index (χ2n) is 7.09. The van der Waals surface area contributed by atoms with Crippen LogP contribution in [0.15, 0.2) is 10.2 Å². The Labute approximate surface area is 95.2 Å². The highest BCUT2D eigenvalue weighted by molar-refractivity contribution is 6.00. The summed E-state index contributed by atoms with van der Waals surface area (Å²) < 4.78 is 0. The summed E-state index contributed by atoms with van der Waals surface area (Å²) in [4.78, 5) is 0. The van der Waals surface area contributed by atoms with E-state index >= 15 is 0 Å². The molecular formula is C14H16N2. The molecule has 8 saturated carbocycles. The Morgan fingerprint density at radius 3 is 1.25 bits per heavy atom. The first-order chi connectivity index (χ1) is 7.92. The molecule has 2 heteroatoms. The average Bonchev–Trinajstić information content (AvgIpc) is 2.91.